The fraction of sp³-hybridized carbons (Fsp3) is 0.250. The Bertz CT molecular complexity index is 523. The van der Waals surface area contributed by atoms with Crippen LogP contribution < -0.4 is 10.6 Å². The van der Waals surface area contributed by atoms with Gasteiger partial charge in [-0.3, -0.25) is 4.79 Å². The molecule has 1 heterocycles. The van der Waals surface area contributed by atoms with Crippen LogP contribution in [-0.4, -0.2) is 28.4 Å². The standard InChI is InChI=1S/C12H15N5O/c1-8(13-2)9-4-3-5-10(6-9)15-12(18)11-7-14-17-16-11/h3-8,13H,1-2H3,(H,15,18)(H,14,16,17). The molecule has 0 aliphatic rings. The van der Waals surface area contributed by atoms with E-state index < -0.39 is 0 Å². The smallest absolute Gasteiger partial charge is 0.277 e. The summed E-state index contributed by atoms with van der Waals surface area (Å²) in [5.74, 6) is -0.280. The predicted molar refractivity (Wildman–Crippen MR) is 68.3 cm³/mol. The molecule has 1 aromatic carbocycles. The van der Waals surface area contributed by atoms with Gasteiger partial charge in [-0.25, -0.2) is 0 Å². The van der Waals surface area contributed by atoms with Crippen LogP contribution in [0.2, 0.25) is 0 Å². The molecule has 18 heavy (non-hydrogen) atoms. The van der Waals surface area contributed by atoms with Crippen LogP contribution in [0.4, 0.5) is 5.69 Å². The van der Waals surface area contributed by atoms with Crippen LogP contribution in [0, 0.1) is 0 Å². The zero-order valence-corrected chi connectivity index (χ0v) is 10.3. The van der Waals surface area contributed by atoms with Crippen molar-refractivity contribution in [2.75, 3.05) is 12.4 Å². The molecule has 0 fully saturated rings. The molecule has 3 N–H and O–H groups in total. The summed E-state index contributed by atoms with van der Waals surface area (Å²) in [7, 11) is 1.89. The monoisotopic (exact) mass is 245 g/mol. The minimum Gasteiger partial charge on any atom is -0.321 e. The van der Waals surface area contributed by atoms with E-state index in [9.17, 15) is 4.79 Å². The third kappa shape index (κ3) is 2.72. The Labute approximate surface area is 105 Å². The Kier molecular flexibility index (Phi) is 3.69. The van der Waals surface area contributed by atoms with Gasteiger partial charge in [0.1, 0.15) is 0 Å². The van der Waals surface area contributed by atoms with Gasteiger partial charge in [-0.15, -0.1) is 0 Å². The van der Waals surface area contributed by atoms with Crippen LogP contribution in [0.3, 0.4) is 0 Å². The van der Waals surface area contributed by atoms with Gasteiger partial charge in [-0.05, 0) is 31.7 Å². The van der Waals surface area contributed by atoms with Crippen molar-refractivity contribution in [3.63, 3.8) is 0 Å². The molecule has 0 saturated heterocycles. The fourth-order valence-electron chi connectivity index (χ4n) is 1.56. The van der Waals surface area contributed by atoms with Crippen LogP contribution in [0.1, 0.15) is 29.0 Å². The Morgan fingerprint density at radius 1 is 1.44 bits per heavy atom. The number of rotatable bonds is 4. The number of amides is 1. The molecule has 2 aromatic rings. The van der Waals surface area contributed by atoms with Crippen LogP contribution in [0.15, 0.2) is 30.5 Å². The lowest BCUT2D eigenvalue weighted by Gasteiger charge is -2.12. The third-order valence-corrected chi connectivity index (χ3v) is 2.73. The summed E-state index contributed by atoms with van der Waals surface area (Å²) < 4.78 is 0. The van der Waals surface area contributed by atoms with Crippen molar-refractivity contribution < 1.29 is 4.79 Å². The first kappa shape index (κ1) is 12.3. The maximum atomic E-state index is 11.8. The van der Waals surface area contributed by atoms with E-state index in [0.29, 0.717) is 0 Å². The minimum atomic E-state index is -0.280. The highest BCUT2D eigenvalue weighted by molar-refractivity contribution is 6.02. The molecule has 6 nitrogen and oxygen atoms in total. The van der Waals surface area contributed by atoms with Gasteiger partial charge in [-0.2, -0.15) is 15.4 Å². The summed E-state index contributed by atoms with van der Waals surface area (Å²) in [5.41, 5.74) is 2.11. The molecule has 0 saturated carbocycles. The SMILES string of the molecule is CNC(C)c1cccc(NC(=O)c2cn[nH]n2)c1. The number of hydrogen-bond acceptors (Lipinski definition) is 4. The topological polar surface area (TPSA) is 82.7 Å². The third-order valence-electron chi connectivity index (χ3n) is 2.73. The van der Waals surface area contributed by atoms with Gasteiger partial charge in [0.2, 0.25) is 0 Å². The number of carbonyl (C=O) groups excluding carboxylic acids is 1. The molecule has 2 rings (SSSR count). The van der Waals surface area contributed by atoms with Crippen LogP contribution >= 0.6 is 0 Å². The quantitative estimate of drug-likeness (QED) is 0.759. The van der Waals surface area contributed by atoms with E-state index in [-0.39, 0.29) is 17.6 Å². The van der Waals surface area contributed by atoms with Gasteiger partial charge >= 0.3 is 0 Å². The normalized spacial score (nSPS) is 12.1. The number of aromatic nitrogens is 3. The highest BCUT2D eigenvalue weighted by atomic mass is 16.2. The summed E-state index contributed by atoms with van der Waals surface area (Å²) in [6.45, 7) is 2.05. The van der Waals surface area contributed by atoms with E-state index >= 15 is 0 Å². The molecule has 0 aliphatic carbocycles. The van der Waals surface area contributed by atoms with E-state index in [1.165, 1.54) is 6.20 Å². The predicted octanol–water partition coefficient (Wildman–Crippen LogP) is 1.34. The number of H-pyrrole nitrogens is 1. The lowest BCUT2D eigenvalue weighted by molar-refractivity contribution is 0.102. The molecule has 6 heteroatoms. The van der Waals surface area contributed by atoms with Gasteiger partial charge in [0.05, 0.1) is 6.20 Å². The minimum absolute atomic E-state index is 0.230. The van der Waals surface area contributed by atoms with E-state index in [4.69, 9.17) is 0 Å². The zero-order chi connectivity index (χ0) is 13.0. The van der Waals surface area contributed by atoms with E-state index in [1.807, 2.05) is 31.3 Å². The van der Waals surface area contributed by atoms with Crippen LogP contribution in [0.25, 0.3) is 0 Å². The molecule has 94 valence electrons. The van der Waals surface area contributed by atoms with Crippen molar-refractivity contribution in [2.24, 2.45) is 0 Å². The number of anilines is 1. The maximum Gasteiger partial charge on any atom is 0.277 e. The molecule has 0 radical (unpaired) electrons. The van der Waals surface area contributed by atoms with Crippen molar-refractivity contribution in [1.82, 2.24) is 20.7 Å². The molecular weight excluding hydrogens is 230 g/mol. The molecule has 1 atom stereocenters. The average Bonchev–Trinajstić information content (AvgIpc) is 2.92. The van der Waals surface area contributed by atoms with Crippen molar-refractivity contribution in [3.05, 3.63) is 41.7 Å². The number of aromatic amines is 1. The second-order valence-electron chi connectivity index (χ2n) is 3.95. The van der Waals surface area contributed by atoms with Gasteiger partial charge in [0.15, 0.2) is 5.69 Å². The molecule has 0 spiro atoms. The number of benzene rings is 1. The van der Waals surface area contributed by atoms with Crippen LogP contribution in [-0.2, 0) is 0 Å². The Morgan fingerprint density at radius 2 is 2.28 bits per heavy atom. The van der Waals surface area contributed by atoms with Gasteiger partial charge in [0.25, 0.3) is 5.91 Å². The lowest BCUT2D eigenvalue weighted by atomic mass is 10.1. The first-order chi connectivity index (χ1) is 8.70. The Morgan fingerprint density at radius 3 is 2.94 bits per heavy atom. The van der Waals surface area contributed by atoms with Crippen LogP contribution in [0.5, 0.6) is 0 Å². The van der Waals surface area contributed by atoms with Gasteiger partial charge < -0.3 is 10.6 Å². The van der Waals surface area contributed by atoms with E-state index in [1.54, 1.807) is 0 Å². The van der Waals surface area contributed by atoms with Crippen molar-refractivity contribution >= 4 is 11.6 Å². The first-order valence-corrected chi connectivity index (χ1v) is 5.65. The van der Waals surface area contributed by atoms with Gasteiger partial charge in [-0.1, -0.05) is 12.1 Å². The molecule has 0 bridgehead atoms. The number of hydrogen-bond donors (Lipinski definition) is 3. The maximum absolute atomic E-state index is 11.8. The second kappa shape index (κ2) is 5.42. The van der Waals surface area contributed by atoms with E-state index in [2.05, 4.69) is 33.0 Å². The summed E-state index contributed by atoms with van der Waals surface area (Å²) in [5, 5.41) is 15.7. The molecule has 1 unspecified atom stereocenters. The fourth-order valence-corrected chi connectivity index (χ4v) is 1.56. The number of nitrogens with one attached hydrogen (secondary N) is 3. The van der Waals surface area contributed by atoms with Gasteiger partial charge in [0, 0.05) is 11.7 Å². The summed E-state index contributed by atoms with van der Waals surface area (Å²) in [6.07, 6.45) is 1.38. The highest BCUT2D eigenvalue weighted by Gasteiger charge is 2.09. The lowest BCUT2D eigenvalue weighted by Crippen LogP contribution is -2.15. The summed E-state index contributed by atoms with van der Waals surface area (Å²) >= 11 is 0. The average molecular weight is 245 g/mol. The summed E-state index contributed by atoms with van der Waals surface area (Å²) in [4.78, 5) is 11.8. The number of nitrogens with zero attached hydrogens (tertiary/aromatic N) is 2. The molecular formula is C12H15N5O. The van der Waals surface area contributed by atoms with Crippen molar-refractivity contribution in [1.29, 1.82) is 0 Å². The first-order valence-electron chi connectivity index (χ1n) is 5.65. The van der Waals surface area contributed by atoms with Crippen molar-refractivity contribution in [2.45, 2.75) is 13.0 Å². The number of carbonyl (C=O) groups is 1. The van der Waals surface area contributed by atoms with Crippen molar-refractivity contribution in [3.8, 4) is 0 Å². The molecule has 0 aliphatic heterocycles. The Hall–Kier alpha value is -2.21. The Balaban J connectivity index is 2.12. The zero-order valence-electron chi connectivity index (χ0n) is 10.3. The molecule has 1 amide bonds. The highest BCUT2D eigenvalue weighted by Crippen LogP contribution is 2.17. The van der Waals surface area contributed by atoms with E-state index in [0.717, 1.165) is 11.3 Å². The second-order valence-corrected chi connectivity index (χ2v) is 3.95. The molecule has 1 aromatic heterocycles. The summed E-state index contributed by atoms with van der Waals surface area (Å²) in [6, 6.07) is 7.91. The largest absolute Gasteiger partial charge is 0.321 e.